The molecule has 3 rings (SSSR count). The Morgan fingerprint density at radius 2 is 1.77 bits per heavy atom. The number of hydrogen-bond acceptors (Lipinski definition) is 5. The molecule has 160 valence electrons. The number of hydrogen-bond donors (Lipinski definition) is 2. The summed E-state index contributed by atoms with van der Waals surface area (Å²) in [6.45, 7) is 5.95. The maximum absolute atomic E-state index is 12.6. The van der Waals surface area contributed by atoms with E-state index >= 15 is 0 Å². The van der Waals surface area contributed by atoms with Crippen molar-refractivity contribution in [1.29, 1.82) is 5.26 Å². The van der Waals surface area contributed by atoms with Crippen LogP contribution in [-0.2, 0) is 16.6 Å². The molecule has 0 bridgehead atoms. The molecule has 0 spiro atoms. The second kappa shape index (κ2) is 9.02. The molecule has 0 radical (unpaired) electrons. The summed E-state index contributed by atoms with van der Waals surface area (Å²) in [6.07, 6.45) is 0.277. The summed E-state index contributed by atoms with van der Waals surface area (Å²) in [6, 6.07) is 14.9. The third-order valence-corrected chi connectivity index (χ3v) is 6.15. The van der Waals surface area contributed by atoms with Gasteiger partial charge in [-0.05, 0) is 68.3 Å². The van der Waals surface area contributed by atoms with E-state index in [2.05, 4.69) is 21.2 Å². The number of nitrogens with one attached hydrogen (secondary N) is 2. The normalized spacial score (nSPS) is 11.0. The van der Waals surface area contributed by atoms with Crippen LogP contribution in [0.3, 0.4) is 0 Å². The molecule has 2 aromatic carbocycles. The Morgan fingerprint density at radius 3 is 2.42 bits per heavy atom. The van der Waals surface area contributed by atoms with Gasteiger partial charge in [-0.3, -0.25) is 9.52 Å². The van der Waals surface area contributed by atoms with E-state index in [0.29, 0.717) is 23.6 Å². The number of benzene rings is 2. The predicted octanol–water partition coefficient (Wildman–Crippen LogP) is 3.78. The van der Waals surface area contributed by atoms with Crippen molar-refractivity contribution in [3.05, 3.63) is 70.9 Å². The molecule has 8 nitrogen and oxygen atoms in total. The standard InChI is InChI=1S/C22H23N5O3S/c1-15-5-10-20(13-16(15)2)31(29,30)26-19-8-6-18(7-9-19)22(28)24-21-14-17(3)25-27(21)12-4-11-23/h5-10,13-14,26H,4,12H2,1-3H3,(H,24,28). The molecule has 1 heterocycles. The summed E-state index contributed by atoms with van der Waals surface area (Å²) in [5, 5.41) is 15.8. The highest BCUT2D eigenvalue weighted by atomic mass is 32.2. The van der Waals surface area contributed by atoms with Gasteiger partial charge in [0.25, 0.3) is 15.9 Å². The number of amides is 1. The van der Waals surface area contributed by atoms with E-state index in [-0.39, 0.29) is 17.2 Å². The summed E-state index contributed by atoms with van der Waals surface area (Å²) < 4.78 is 29.4. The van der Waals surface area contributed by atoms with E-state index < -0.39 is 10.0 Å². The van der Waals surface area contributed by atoms with Crippen molar-refractivity contribution in [2.45, 2.75) is 38.6 Å². The van der Waals surface area contributed by atoms with Crippen molar-refractivity contribution in [3.63, 3.8) is 0 Å². The van der Waals surface area contributed by atoms with E-state index in [1.54, 1.807) is 35.9 Å². The summed E-state index contributed by atoms with van der Waals surface area (Å²) in [5.74, 6) is 0.138. The number of rotatable bonds is 7. The average Bonchev–Trinajstić information content (AvgIpc) is 3.07. The molecule has 1 amide bonds. The molecule has 0 saturated heterocycles. The van der Waals surface area contributed by atoms with Crippen molar-refractivity contribution in [2.75, 3.05) is 10.0 Å². The topological polar surface area (TPSA) is 117 Å². The highest BCUT2D eigenvalue weighted by Crippen LogP contribution is 2.20. The summed E-state index contributed by atoms with van der Waals surface area (Å²) in [5.41, 5.74) is 3.34. The Morgan fingerprint density at radius 1 is 1.06 bits per heavy atom. The fourth-order valence-electron chi connectivity index (χ4n) is 2.95. The van der Waals surface area contributed by atoms with Crippen LogP contribution >= 0.6 is 0 Å². The SMILES string of the molecule is Cc1cc(NC(=O)c2ccc(NS(=O)(=O)c3ccc(C)c(C)c3)cc2)n(CCC#N)n1. The second-order valence-electron chi connectivity index (χ2n) is 7.19. The zero-order chi connectivity index (χ0) is 22.6. The van der Waals surface area contributed by atoms with Crippen LogP contribution in [-0.4, -0.2) is 24.1 Å². The molecule has 0 atom stereocenters. The van der Waals surface area contributed by atoms with Crippen LogP contribution in [0.15, 0.2) is 53.4 Å². The van der Waals surface area contributed by atoms with Crippen molar-refractivity contribution >= 4 is 27.4 Å². The molecule has 0 aliphatic heterocycles. The summed E-state index contributed by atoms with van der Waals surface area (Å²) in [4.78, 5) is 12.8. The Labute approximate surface area is 181 Å². The van der Waals surface area contributed by atoms with Gasteiger partial charge in [0, 0.05) is 17.3 Å². The molecule has 0 aliphatic carbocycles. The Kier molecular flexibility index (Phi) is 6.42. The maximum Gasteiger partial charge on any atom is 0.261 e. The van der Waals surface area contributed by atoms with Crippen LogP contribution in [0.2, 0.25) is 0 Å². The van der Waals surface area contributed by atoms with Gasteiger partial charge in [0.15, 0.2) is 0 Å². The lowest BCUT2D eigenvalue weighted by molar-refractivity contribution is 0.102. The number of nitriles is 1. The molecule has 0 saturated carbocycles. The van der Waals surface area contributed by atoms with Crippen molar-refractivity contribution in [1.82, 2.24) is 9.78 Å². The van der Waals surface area contributed by atoms with Crippen LogP contribution in [0.4, 0.5) is 11.5 Å². The number of anilines is 2. The van der Waals surface area contributed by atoms with Gasteiger partial charge in [-0.2, -0.15) is 10.4 Å². The molecule has 2 N–H and O–H groups in total. The van der Waals surface area contributed by atoms with Gasteiger partial charge in [0.1, 0.15) is 5.82 Å². The summed E-state index contributed by atoms with van der Waals surface area (Å²) in [7, 11) is -3.73. The van der Waals surface area contributed by atoms with Crippen LogP contribution in [0.1, 0.15) is 33.6 Å². The molecular formula is C22H23N5O3S. The number of sulfonamides is 1. The zero-order valence-electron chi connectivity index (χ0n) is 17.5. The minimum absolute atomic E-state index is 0.179. The Bertz CT molecular complexity index is 1260. The summed E-state index contributed by atoms with van der Waals surface area (Å²) >= 11 is 0. The van der Waals surface area contributed by atoms with Gasteiger partial charge in [-0.25, -0.2) is 13.1 Å². The van der Waals surface area contributed by atoms with Crippen LogP contribution in [0.25, 0.3) is 0 Å². The number of aryl methyl sites for hydroxylation is 4. The van der Waals surface area contributed by atoms with E-state index in [9.17, 15) is 13.2 Å². The first-order valence-electron chi connectivity index (χ1n) is 9.62. The van der Waals surface area contributed by atoms with Crippen molar-refractivity contribution in [3.8, 4) is 6.07 Å². The van der Waals surface area contributed by atoms with E-state index in [1.807, 2.05) is 13.8 Å². The first-order valence-corrected chi connectivity index (χ1v) is 11.1. The van der Waals surface area contributed by atoms with E-state index in [1.165, 1.54) is 24.3 Å². The minimum atomic E-state index is -3.73. The van der Waals surface area contributed by atoms with Crippen LogP contribution in [0, 0.1) is 32.1 Å². The average molecular weight is 438 g/mol. The van der Waals surface area contributed by atoms with Gasteiger partial charge < -0.3 is 5.32 Å². The van der Waals surface area contributed by atoms with Gasteiger partial charge in [-0.15, -0.1) is 0 Å². The molecular weight excluding hydrogens is 414 g/mol. The lowest BCUT2D eigenvalue weighted by Crippen LogP contribution is -2.16. The second-order valence-corrected chi connectivity index (χ2v) is 8.87. The zero-order valence-corrected chi connectivity index (χ0v) is 18.3. The smallest absolute Gasteiger partial charge is 0.261 e. The number of nitrogens with zero attached hydrogens (tertiary/aromatic N) is 3. The van der Waals surface area contributed by atoms with Crippen LogP contribution < -0.4 is 10.0 Å². The molecule has 0 aliphatic rings. The molecule has 0 unspecified atom stereocenters. The third-order valence-electron chi connectivity index (χ3n) is 4.77. The molecule has 9 heteroatoms. The fourth-order valence-corrected chi connectivity index (χ4v) is 4.09. The van der Waals surface area contributed by atoms with Gasteiger partial charge >= 0.3 is 0 Å². The van der Waals surface area contributed by atoms with E-state index in [0.717, 1.165) is 16.8 Å². The lowest BCUT2D eigenvalue weighted by atomic mass is 10.1. The first-order chi connectivity index (χ1) is 14.7. The lowest BCUT2D eigenvalue weighted by Gasteiger charge is -2.11. The van der Waals surface area contributed by atoms with Gasteiger partial charge in [0.05, 0.1) is 29.6 Å². The molecule has 31 heavy (non-hydrogen) atoms. The van der Waals surface area contributed by atoms with E-state index in [4.69, 9.17) is 5.26 Å². The highest BCUT2D eigenvalue weighted by Gasteiger charge is 2.16. The molecule has 0 fully saturated rings. The minimum Gasteiger partial charge on any atom is -0.307 e. The monoisotopic (exact) mass is 437 g/mol. The first kappa shape index (κ1) is 22.1. The number of carbonyl (C=O) groups excluding carboxylic acids is 1. The highest BCUT2D eigenvalue weighted by molar-refractivity contribution is 7.92. The predicted molar refractivity (Wildman–Crippen MR) is 118 cm³/mol. The Balaban J connectivity index is 1.72. The molecule has 1 aromatic heterocycles. The van der Waals surface area contributed by atoms with Crippen molar-refractivity contribution in [2.24, 2.45) is 0 Å². The van der Waals surface area contributed by atoms with Crippen molar-refractivity contribution < 1.29 is 13.2 Å². The molecule has 3 aromatic rings. The fraction of sp³-hybridized carbons (Fsp3) is 0.227. The maximum atomic E-state index is 12.6. The largest absolute Gasteiger partial charge is 0.307 e. The number of aromatic nitrogens is 2. The van der Waals surface area contributed by atoms with Crippen LogP contribution in [0.5, 0.6) is 0 Å². The van der Waals surface area contributed by atoms with Gasteiger partial charge in [0.2, 0.25) is 0 Å². The Hall–Kier alpha value is -3.64. The number of carbonyl (C=O) groups is 1. The quantitative estimate of drug-likeness (QED) is 0.583. The third kappa shape index (κ3) is 5.29. The van der Waals surface area contributed by atoms with Gasteiger partial charge in [-0.1, -0.05) is 6.07 Å².